The molecule has 1 aliphatic heterocycles. The molecule has 1 saturated carbocycles. The molecule has 0 radical (unpaired) electrons. The van der Waals surface area contributed by atoms with E-state index in [-0.39, 0.29) is 0 Å². The van der Waals surface area contributed by atoms with Gasteiger partial charge in [0.2, 0.25) is 5.91 Å². The Morgan fingerprint density at radius 1 is 1.13 bits per heavy atom. The molecule has 1 N–H and O–H groups in total. The second-order valence-electron chi connectivity index (χ2n) is 7.67. The van der Waals surface area contributed by atoms with Crippen LogP contribution >= 0.6 is 0 Å². The van der Waals surface area contributed by atoms with E-state index in [4.69, 9.17) is 0 Å². The number of aryl methyl sites for hydroxylation is 3. The zero-order chi connectivity index (χ0) is 16.6. The third kappa shape index (κ3) is 3.77. The molecule has 0 aromatic heterocycles. The molecule has 0 unspecified atom stereocenters. The minimum Gasteiger partial charge on any atom is -0.342 e. The number of nitrogens with one attached hydrogen (secondary N) is 1. The number of hydrogen-bond donors (Lipinski definition) is 1. The lowest BCUT2D eigenvalue weighted by Gasteiger charge is -2.37. The van der Waals surface area contributed by atoms with Crippen molar-refractivity contribution in [2.45, 2.75) is 59.5 Å². The van der Waals surface area contributed by atoms with Gasteiger partial charge < -0.3 is 10.2 Å². The van der Waals surface area contributed by atoms with Crippen molar-refractivity contribution in [3.63, 3.8) is 0 Å². The largest absolute Gasteiger partial charge is 0.342 e. The molecule has 23 heavy (non-hydrogen) atoms. The summed E-state index contributed by atoms with van der Waals surface area (Å²) in [5.41, 5.74) is 5.50. The summed E-state index contributed by atoms with van der Waals surface area (Å²) in [5.74, 6) is 1.28. The van der Waals surface area contributed by atoms with Crippen LogP contribution in [-0.4, -0.2) is 29.9 Å². The third-order valence-electron chi connectivity index (χ3n) is 5.65. The maximum absolute atomic E-state index is 12.2. The van der Waals surface area contributed by atoms with Crippen molar-refractivity contribution in [1.82, 2.24) is 10.2 Å². The lowest BCUT2D eigenvalue weighted by atomic mass is 9.92. The van der Waals surface area contributed by atoms with E-state index in [0.29, 0.717) is 23.8 Å². The predicted molar refractivity (Wildman–Crippen MR) is 94.4 cm³/mol. The SMILES string of the molecule is Cc1cc(C)c(CN[C@H]2CCN(C(=O)C3CC3)C[C@H]2C)cc1C. The molecule has 1 aliphatic carbocycles. The maximum atomic E-state index is 12.2. The minimum absolute atomic E-state index is 0.352. The van der Waals surface area contributed by atoms with Crippen LogP contribution < -0.4 is 5.32 Å². The standard InChI is InChI=1S/C20H30N2O/c1-13-9-15(3)18(10-14(13)2)11-21-19-7-8-22(12-16(19)4)20(23)17-5-6-17/h9-10,16-17,19,21H,5-8,11-12H2,1-4H3/t16-,19+/m1/s1. The first kappa shape index (κ1) is 16.5. The lowest BCUT2D eigenvalue weighted by molar-refractivity contribution is -0.134. The number of amides is 1. The van der Waals surface area contributed by atoms with Crippen LogP contribution in [-0.2, 0) is 11.3 Å². The van der Waals surface area contributed by atoms with Gasteiger partial charge in [0.25, 0.3) is 0 Å². The van der Waals surface area contributed by atoms with E-state index in [1.54, 1.807) is 0 Å². The van der Waals surface area contributed by atoms with Crippen molar-refractivity contribution in [3.05, 3.63) is 34.4 Å². The van der Waals surface area contributed by atoms with Crippen LogP contribution in [0.4, 0.5) is 0 Å². The third-order valence-corrected chi connectivity index (χ3v) is 5.65. The number of piperidine rings is 1. The van der Waals surface area contributed by atoms with Crippen molar-refractivity contribution in [3.8, 4) is 0 Å². The van der Waals surface area contributed by atoms with Gasteiger partial charge in [-0.15, -0.1) is 0 Å². The molecule has 126 valence electrons. The summed E-state index contributed by atoms with van der Waals surface area (Å²) < 4.78 is 0. The summed E-state index contributed by atoms with van der Waals surface area (Å²) in [6.45, 7) is 11.6. The molecule has 2 atom stereocenters. The summed E-state index contributed by atoms with van der Waals surface area (Å²) in [6, 6.07) is 5.11. The second kappa shape index (κ2) is 6.64. The molecule has 3 nitrogen and oxygen atoms in total. The Morgan fingerprint density at radius 2 is 1.83 bits per heavy atom. The number of carbonyl (C=O) groups excluding carboxylic acids is 1. The topological polar surface area (TPSA) is 32.3 Å². The fourth-order valence-electron chi connectivity index (χ4n) is 3.69. The Hall–Kier alpha value is -1.35. The molecule has 2 aliphatic rings. The fourth-order valence-corrected chi connectivity index (χ4v) is 3.69. The van der Waals surface area contributed by atoms with Crippen molar-refractivity contribution in [2.75, 3.05) is 13.1 Å². The first-order valence-electron chi connectivity index (χ1n) is 9.04. The molecule has 1 saturated heterocycles. The molecule has 3 rings (SSSR count). The lowest BCUT2D eigenvalue weighted by Crippen LogP contribution is -2.50. The molecule has 2 fully saturated rings. The molecule has 3 heteroatoms. The van der Waals surface area contributed by atoms with E-state index in [9.17, 15) is 4.79 Å². The highest BCUT2D eigenvalue weighted by molar-refractivity contribution is 5.81. The number of likely N-dealkylation sites (tertiary alicyclic amines) is 1. The molecule has 0 bridgehead atoms. The van der Waals surface area contributed by atoms with Gasteiger partial charge in [0.1, 0.15) is 0 Å². The highest BCUT2D eigenvalue weighted by Crippen LogP contribution is 2.32. The van der Waals surface area contributed by atoms with Crippen molar-refractivity contribution in [1.29, 1.82) is 0 Å². The Balaban J connectivity index is 1.55. The van der Waals surface area contributed by atoms with Gasteiger partial charge >= 0.3 is 0 Å². The van der Waals surface area contributed by atoms with Crippen LogP contribution in [0.15, 0.2) is 12.1 Å². The van der Waals surface area contributed by atoms with Gasteiger partial charge in [-0.3, -0.25) is 4.79 Å². The zero-order valence-corrected chi connectivity index (χ0v) is 15.0. The van der Waals surface area contributed by atoms with Crippen LogP contribution in [0, 0.1) is 32.6 Å². The van der Waals surface area contributed by atoms with Crippen molar-refractivity contribution in [2.24, 2.45) is 11.8 Å². The number of hydrogen-bond acceptors (Lipinski definition) is 2. The van der Waals surface area contributed by atoms with Crippen molar-refractivity contribution >= 4 is 5.91 Å². The first-order chi connectivity index (χ1) is 11.0. The predicted octanol–water partition coefficient (Wildman–Crippen LogP) is 3.35. The van der Waals surface area contributed by atoms with E-state index < -0.39 is 0 Å². The molecule has 1 aromatic carbocycles. The molecule has 1 amide bonds. The summed E-state index contributed by atoms with van der Waals surface area (Å²) in [6.07, 6.45) is 3.29. The number of benzene rings is 1. The highest BCUT2D eigenvalue weighted by Gasteiger charge is 2.36. The Labute approximate surface area is 140 Å². The van der Waals surface area contributed by atoms with Gasteiger partial charge in [-0.05, 0) is 68.2 Å². The normalized spacial score (nSPS) is 24.8. The maximum Gasteiger partial charge on any atom is 0.225 e. The van der Waals surface area contributed by atoms with Crippen molar-refractivity contribution < 1.29 is 4.79 Å². The average molecular weight is 314 g/mol. The average Bonchev–Trinajstić information content (AvgIpc) is 3.34. The van der Waals surface area contributed by atoms with E-state index >= 15 is 0 Å². The number of carbonyl (C=O) groups is 1. The van der Waals surface area contributed by atoms with E-state index in [2.05, 4.69) is 50.0 Å². The van der Waals surface area contributed by atoms with Crippen LogP contribution in [0.3, 0.4) is 0 Å². The van der Waals surface area contributed by atoms with Gasteiger partial charge in [0.05, 0.1) is 0 Å². The van der Waals surface area contributed by atoms with Gasteiger partial charge in [0.15, 0.2) is 0 Å². The number of nitrogens with zero attached hydrogens (tertiary/aromatic N) is 1. The van der Waals surface area contributed by atoms with Gasteiger partial charge in [-0.25, -0.2) is 0 Å². The Morgan fingerprint density at radius 3 is 2.48 bits per heavy atom. The van der Waals surface area contributed by atoms with Gasteiger partial charge in [-0.2, -0.15) is 0 Å². The quantitative estimate of drug-likeness (QED) is 0.924. The first-order valence-corrected chi connectivity index (χ1v) is 9.04. The molecular weight excluding hydrogens is 284 g/mol. The van der Waals surface area contributed by atoms with Crippen LogP contribution in [0.1, 0.15) is 48.4 Å². The molecule has 1 heterocycles. The Kier molecular flexibility index (Phi) is 4.77. The summed E-state index contributed by atoms with van der Waals surface area (Å²) >= 11 is 0. The van der Waals surface area contributed by atoms with E-state index in [1.165, 1.54) is 22.3 Å². The van der Waals surface area contributed by atoms with E-state index in [1.807, 2.05) is 0 Å². The Bertz CT molecular complexity index is 592. The molecule has 0 spiro atoms. The summed E-state index contributed by atoms with van der Waals surface area (Å²) in [4.78, 5) is 14.3. The van der Waals surface area contributed by atoms with Crippen LogP contribution in [0.2, 0.25) is 0 Å². The van der Waals surface area contributed by atoms with Gasteiger partial charge in [-0.1, -0.05) is 19.1 Å². The highest BCUT2D eigenvalue weighted by atomic mass is 16.2. The molecule has 1 aromatic rings. The van der Waals surface area contributed by atoms with E-state index in [0.717, 1.165) is 38.9 Å². The van der Waals surface area contributed by atoms with Gasteiger partial charge in [0, 0.05) is 31.6 Å². The zero-order valence-electron chi connectivity index (χ0n) is 15.0. The fraction of sp³-hybridized carbons (Fsp3) is 0.650. The minimum atomic E-state index is 0.352. The number of rotatable bonds is 4. The monoisotopic (exact) mass is 314 g/mol. The molecular formula is C20H30N2O. The smallest absolute Gasteiger partial charge is 0.225 e. The second-order valence-corrected chi connectivity index (χ2v) is 7.67. The summed E-state index contributed by atoms with van der Waals surface area (Å²) in [7, 11) is 0. The van der Waals surface area contributed by atoms with Crippen LogP contribution in [0.25, 0.3) is 0 Å². The summed E-state index contributed by atoms with van der Waals surface area (Å²) in [5, 5.41) is 3.74. The van der Waals surface area contributed by atoms with Crippen LogP contribution in [0.5, 0.6) is 0 Å².